The van der Waals surface area contributed by atoms with E-state index >= 15 is 0 Å². The van der Waals surface area contributed by atoms with Crippen LogP contribution in [-0.4, -0.2) is 55.2 Å². The zero-order valence-electron chi connectivity index (χ0n) is 14.6. The topological polar surface area (TPSA) is 67.5 Å². The SMILES string of the molecule is CO[C@@H](C)c1cccc(-c2cc(N3CCN(C)CC3)nc(N)n2)c1. The fourth-order valence-electron chi connectivity index (χ4n) is 2.88. The number of rotatable bonds is 4. The van der Waals surface area contributed by atoms with Crippen LogP contribution in [0.15, 0.2) is 30.3 Å². The van der Waals surface area contributed by atoms with Crippen molar-refractivity contribution in [1.29, 1.82) is 0 Å². The molecule has 128 valence electrons. The van der Waals surface area contributed by atoms with Crippen LogP contribution in [0, 0.1) is 0 Å². The van der Waals surface area contributed by atoms with Crippen LogP contribution in [0.1, 0.15) is 18.6 Å². The summed E-state index contributed by atoms with van der Waals surface area (Å²) in [5, 5.41) is 0. The Hall–Kier alpha value is -2.18. The summed E-state index contributed by atoms with van der Waals surface area (Å²) in [6.07, 6.45) is 0.0428. The maximum atomic E-state index is 5.97. The van der Waals surface area contributed by atoms with Gasteiger partial charge in [-0.15, -0.1) is 0 Å². The van der Waals surface area contributed by atoms with Gasteiger partial charge < -0.3 is 20.3 Å². The minimum Gasteiger partial charge on any atom is -0.377 e. The summed E-state index contributed by atoms with van der Waals surface area (Å²) < 4.78 is 5.41. The van der Waals surface area contributed by atoms with Crippen molar-refractivity contribution in [3.05, 3.63) is 35.9 Å². The van der Waals surface area contributed by atoms with Crippen molar-refractivity contribution in [3.8, 4) is 11.3 Å². The number of nitrogen functional groups attached to an aromatic ring is 1. The zero-order chi connectivity index (χ0) is 17.1. The summed E-state index contributed by atoms with van der Waals surface area (Å²) in [6, 6.07) is 10.3. The zero-order valence-corrected chi connectivity index (χ0v) is 14.6. The van der Waals surface area contributed by atoms with Crippen LogP contribution >= 0.6 is 0 Å². The Kier molecular flexibility index (Phi) is 4.97. The van der Waals surface area contributed by atoms with E-state index in [0.717, 1.165) is 48.8 Å². The Morgan fingerprint density at radius 3 is 2.58 bits per heavy atom. The van der Waals surface area contributed by atoms with Crippen LogP contribution in [0.25, 0.3) is 11.3 Å². The third-order valence-corrected chi connectivity index (χ3v) is 4.56. The molecule has 0 bridgehead atoms. The number of benzene rings is 1. The number of anilines is 2. The summed E-state index contributed by atoms with van der Waals surface area (Å²) in [7, 11) is 3.85. The van der Waals surface area contributed by atoms with Gasteiger partial charge >= 0.3 is 0 Å². The Morgan fingerprint density at radius 2 is 1.88 bits per heavy atom. The van der Waals surface area contributed by atoms with Gasteiger partial charge in [-0.3, -0.25) is 0 Å². The second-order valence-corrected chi connectivity index (χ2v) is 6.26. The van der Waals surface area contributed by atoms with E-state index in [-0.39, 0.29) is 6.10 Å². The number of nitrogens with zero attached hydrogens (tertiary/aromatic N) is 4. The van der Waals surface area contributed by atoms with E-state index in [2.05, 4.69) is 38.9 Å². The van der Waals surface area contributed by atoms with Crippen LogP contribution in [0.5, 0.6) is 0 Å². The molecule has 0 radical (unpaired) electrons. The maximum Gasteiger partial charge on any atom is 0.222 e. The fraction of sp³-hybridized carbons (Fsp3) is 0.444. The van der Waals surface area contributed by atoms with Crippen LogP contribution in [0.3, 0.4) is 0 Å². The quantitative estimate of drug-likeness (QED) is 0.928. The number of likely N-dealkylation sites (N-methyl/N-ethyl adjacent to an activating group) is 1. The van der Waals surface area contributed by atoms with Gasteiger partial charge in [0.15, 0.2) is 0 Å². The van der Waals surface area contributed by atoms with Crippen LogP contribution in [0.2, 0.25) is 0 Å². The first kappa shape index (κ1) is 16.7. The van der Waals surface area contributed by atoms with Gasteiger partial charge in [0.1, 0.15) is 5.82 Å². The lowest BCUT2D eigenvalue weighted by molar-refractivity contribution is 0.119. The molecule has 1 aromatic heterocycles. The van der Waals surface area contributed by atoms with Gasteiger partial charge in [-0.05, 0) is 25.6 Å². The molecule has 1 aliphatic heterocycles. The molecule has 2 heterocycles. The number of aromatic nitrogens is 2. The van der Waals surface area contributed by atoms with E-state index in [0.29, 0.717) is 5.95 Å². The molecule has 0 unspecified atom stereocenters. The fourth-order valence-corrected chi connectivity index (χ4v) is 2.88. The van der Waals surface area contributed by atoms with Gasteiger partial charge in [-0.25, -0.2) is 4.98 Å². The predicted octanol–water partition coefficient (Wildman–Crippen LogP) is 2.18. The highest BCUT2D eigenvalue weighted by atomic mass is 16.5. The molecular weight excluding hydrogens is 302 g/mol. The summed E-state index contributed by atoms with van der Waals surface area (Å²) in [4.78, 5) is 13.4. The lowest BCUT2D eigenvalue weighted by Crippen LogP contribution is -2.44. The van der Waals surface area contributed by atoms with E-state index < -0.39 is 0 Å². The number of ether oxygens (including phenoxy) is 1. The Balaban J connectivity index is 1.91. The van der Waals surface area contributed by atoms with Crippen molar-refractivity contribution < 1.29 is 4.74 Å². The molecule has 6 nitrogen and oxygen atoms in total. The van der Waals surface area contributed by atoms with Crippen molar-refractivity contribution in [2.75, 3.05) is 51.0 Å². The Bertz CT molecular complexity index is 698. The summed E-state index contributed by atoms with van der Waals surface area (Å²) in [6.45, 7) is 5.99. The first-order valence-electron chi connectivity index (χ1n) is 8.28. The molecule has 1 saturated heterocycles. The lowest BCUT2D eigenvalue weighted by Gasteiger charge is -2.33. The molecular formula is C18H25N5O. The number of piperazine rings is 1. The maximum absolute atomic E-state index is 5.97. The molecule has 2 aromatic rings. The van der Waals surface area contributed by atoms with Gasteiger partial charge in [0.25, 0.3) is 0 Å². The van der Waals surface area contributed by atoms with E-state index in [1.807, 2.05) is 25.1 Å². The Morgan fingerprint density at radius 1 is 1.12 bits per heavy atom. The van der Waals surface area contributed by atoms with Gasteiger partial charge in [0.05, 0.1) is 11.8 Å². The second-order valence-electron chi connectivity index (χ2n) is 6.26. The first-order chi connectivity index (χ1) is 11.6. The molecule has 3 rings (SSSR count). The number of nitrogens with two attached hydrogens (primary N) is 1. The summed E-state index contributed by atoms with van der Waals surface area (Å²) in [5.74, 6) is 1.21. The molecule has 0 amide bonds. The molecule has 0 aliphatic carbocycles. The lowest BCUT2D eigenvalue weighted by atomic mass is 10.0. The molecule has 0 spiro atoms. The van der Waals surface area contributed by atoms with Crippen molar-refractivity contribution in [1.82, 2.24) is 14.9 Å². The largest absolute Gasteiger partial charge is 0.377 e. The van der Waals surface area contributed by atoms with Gasteiger partial charge in [-0.1, -0.05) is 18.2 Å². The molecule has 6 heteroatoms. The monoisotopic (exact) mass is 327 g/mol. The van der Waals surface area contributed by atoms with Crippen molar-refractivity contribution in [2.45, 2.75) is 13.0 Å². The van der Waals surface area contributed by atoms with Gasteiger partial charge in [0, 0.05) is 44.9 Å². The van der Waals surface area contributed by atoms with Crippen molar-refractivity contribution in [3.63, 3.8) is 0 Å². The van der Waals surface area contributed by atoms with E-state index in [1.54, 1.807) is 7.11 Å². The summed E-state index contributed by atoms with van der Waals surface area (Å²) >= 11 is 0. The smallest absolute Gasteiger partial charge is 0.222 e. The van der Waals surface area contributed by atoms with Crippen molar-refractivity contribution in [2.24, 2.45) is 0 Å². The third kappa shape index (κ3) is 3.66. The first-order valence-corrected chi connectivity index (χ1v) is 8.28. The molecule has 1 atom stereocenters. The molecule has 2 N–H and O–H groups in total. The molecule has 1 fully saturated rings. The van der Waals surface area contributed by atoms with E-state index in [4.69, 9.17) is 10.5 Å². The molecule has 1 aliphatic rings. The second kappa shape index (κ2) is 7.15. The molecule has 1 aromatic carbocycles. The highest BCUT2D eigenvalue weighted by Crippen LogP contribution is 2.26. The van der Waals surface area contributed by atoms with Crippen LogP contribution in [0.4, 0.5) is 11.8 Å². The number of hydrogen-bond acceptors (Lipinski definition) is 6. The third-order valence-electron chi connectivity index (χ3n) is 4.56. The standard InChI is InChI=1S/C18H25N5O/c1-13(24-3)14-5-4-6-15(11-14)16-12-17(21-18(19)20-16)23-9-7-22(2)8-10-23/h4-6,11-13H,7-10H2,1-3H3,(H2,19,20,21)/t13-/m0/s1. The predicted molar refractivity (Wildman–Crippen MR) is 97.0 cm³/mol. The molecule has 24 heavy (non-hydrogen) atoms. The number of methoxy groups -OCH3 is 1. The number of hydrogen-bond donors (Lipinski definition) is 1. The molecule has 0 saturated carbocycles. The highest BCUT2D eigenvalue weighted by molar-refractivity contribution is 5.65. The Labute approximate surface area is 143 Å². The summed E-state index contributed by atoms with van der Waals surface area (Å²) in [5.41, 5.74) is 8.97. The van der Waals surface area contributed by atoms with E-state index in [9.17, 15) is 0 Å². The van der Waals surface area contributed by atoms with Gasteiger partial charge in [-0.2, -0.15) is 4.98 Å². The minimum atomic E-state index is 0.0428. The van der Waals surface area contributed by atoms with Crippen LogP contribution in [-0.2, 0) is 4.74 Å². The highest BCUT2D eigenvalue weighted by Gasteiger charge is 2.17. The average molecular weight is 327 g/mol. The van der Waals surface area contributed by atoms with Crippen molar-refractivity contribution >= 4 is 11.8 Å². The minimum absolute atomic E-state index is 0.0428. The van der Waals surface area contributed by atoms with E-state index in [1.165, 1.54) is 0 Å². The normalized spacial score (nSPS) is 17.0. The average Bonchev–Trinajstić information content (AvgIpc) is 2.61. The van der Waals surface area contributed by atoms with Gasteiger partial charge in [0.2, 0.25) is 5.95 Å². The van der Waals surface area contributed by atoms with Crippen LogP contribution < -0.4 is 10.6 Å².